The molecule has 4 aromatic heterocycles. The van der Waals surface area contributed by atoms with E-state index in [0.29, 0.717) is 36.7 Å². The Labute approximate surface area is 197 Å². The van der Waals surface area contributed by atoms with Crippen LogP contribution in [-0.2, 0) is 25.0 Å². The number of aromatic nitrogens is 7. The van der Waals surface area contributed by atoms with Crippen molar-refractivity contribution >= 4 is 11.0 Å². The molecule has 0 amide bonds. The van der Waals surface area contributed by atoms with Crippen LogP contribution < -0.4 is 5.56 Å². The van der Waals surface area contributed by atoms with Crippen LogP contribution in [0, 0.1) is 6.92 Å². The molecular weight excluding hydrogens is 463 g/mol. The Balaban J connectivity index is 1.63. The van der Waals surface area contributed by atoms with Gasteiger partial charge in [-0.2, -0.15) is 18.3 Å². The van der Waals surface area contributed by atoms with Crippen LogP contribution in [0.25, 0.3) is 22.3 Å². The van der Waals surface area contributed by atoms with Crippen LogP contribution in [0.5, 0.6) is 0 Å². The van der Waals surface area contributed by atoms with E-state index >= 15 is 0 Å². The summed E-state index contributed by atoms with van der Waals surface area (Å²) in [5, 5.41) is 4.20. The van der Waals surface area contributed by atoms with E-state index in [0.717, 1.165) is 17.8 Å². The third-order valence-electron chi connectivity index (χ3n) is 6.24. The molecule has 0 bridgehead atoms. The smallest absolute Gasteiger partial charge is 0.373 e. The normalized spacial score (nSPS) is 18.8. The number of halogens is 3. The molecule has 182 valence electrons. The molecule has 1 aliphatic heterocycles. The maximum Gasteiger partial charge on any atom is 0.433 e. The van der Waals surface area contributed by atoms with Gasteiger partial charge in [-0.1, -0.05) is 0 Å². The molecule has 12 heteroatoms. The topological polar surface area (TPSA) is 101 Å². The molecule has 0 saturated carbocycles. The summed E-state index contributed by atoms with van der Waals surface area (Å²) >= 11 is 0. The van der Waals surface area contributed by atoms with E-state index in [-0.39, 0.29) is 34.3 Å². The van der Waals surface area contributed by atoms with Crippen molar-refractivity contribution in [2.24, 2.45) is 14.1 Å². The molecule has 1 saturated heterocycles. The Kier molecular flexibility index (Phi) is 5.62. The van der Waals surface area contributed by atoms with Gasteiger partial charge in [-0.15, -0.1) is 0 Å². The highest BCUT2D eigenvalue weighted by atomic mass is 19.4. The fraction of sp³-hybridized carbons (Fsp3) is 0.391. The van der Waals surface area contributed by atoms with Crippen LogP contribution in [0.4, 0.5) is 13.2 Å². The quantitative estimate of drug-likeness (QED) is 0.438. The van der Waals surface area contributed by atoms with Crippen molar-refractivity contribution < 1.29 is 17.9 Å². The largest absolute Gasteiger partial charge is 0.433 e. The van der Waals surface area contributed by atoms with Crippen molar-refractivity contribution in [3.8, 4) is 11.3 Å². The van der Waals surface area contributed by atoms with Gasteiger partial charge >= 0.3 is 6.18 Å². The summed E-state index contributed by atoms with van der Waals surface area (Å²) in [6, 6.07) is 2.18. The lowest BCUT2D eigenvalue weighted by Gasteiger charge is -2.28. The summed E-state index contributed by atoms with van der Waals surface area (Å²) in [6.07, 6.45) is 1.16. The number of pyridine rings is 1. The van der Waals surface area contributed by atoms with E-state index in [2.05, 4.69) is 20.1 Å². The van der Waals surface area contributed by atoms with Gasteiger partial charge in [0.05, 0.1) is 12.3 Å². The first-order valence-electron chi connectivity index (χ1n) is 11.0. The number of ether oxygens (including phenoxy) is 1. The average Bonchev–Trinajstić information content (AvgIpc) is 3.28. The van der Waals surface area contributed by atoms with Crippen LogP contribution in [0.3, 0.4) is 0 Å². The number of nitrogens with zero attached hydrogens (tertiary/aromatic N) is 7. The fourth-order valence-electron chi connectivity index (χ4n) is 4.23. The molecule has 5 rings (SSSR count). The zero-order valence-corrected chi connectivity index (χ0v) is 19.2. The number of hydrogen-bond donors (Lipinski definition) is 0. The molecule has 0 spiro atoms. The Morgan fingerprint density at radius 3 is 2.54 bits per heavy atom. The SMILES string of the molecule is Cc1nc2c(-c3ccc(C(F)(F)F)nc3)nc(C3CCOC(c4cnn(C)c4)C3)nc2c(=O)n1C. The molecule has 0 N–H and O–H groups in total. The van der Waals surface area contributed by atoms with Crippen LogP contribution in [0.2, 0.25) is 0 Å². The minimum atomic E-state index is -4.56. The molecule has 2 atom stereocenters. The lowest BCUT2D eigenvalue weighted by Crippen LogP contribution is -2.24. The molecular formula is C23H22F3N7O2. The van der Waals surface area contributed by atoms with E-state index in [4.69, 9.17) is 9.72 Å². The van der Waals surface area contributed by atoms with Gasteiger partial charge in [0.1, 0.15) is 28.6 Å². The number of alkyl halides is 3. The van der Waals surface area contributed by atoms with Gasteiger partial charge in [0.15, 0.2) is 5.52 Å². The third kappa shape index (κ3) is 4.29. The molecule has 35 heavy (non-hydrogen) atoms. The summed E-state index contributed by atoms with van der Waals surface area (Å²) in [7, 11) is 3.42. The zero-order chi connectivity index (χ0) is 24.9. The van der Waals surface area contributed by atoms with Gasteiger partial charge < -0.3 is 4.74 Å². The molecule has 0 aromatic carbocycles. The lowest BCUT2D eigenvalue weighted by atomic mass is 9.92. The van der Waals surface area contributed by atoms with E-state index in [1.807, 2.05) is 13.2 Å². The Hall–Kier alpha value is -3.67. The lowest BCUT2D eigenvalue weighted by molar-refractivity contribution is -0.141. The van der Waals surface area contributed by atoms with Crippen LogP contribution in [-0.4, -0.2) is 40.9 Å². The van der Waals surface area contributed by atoms with Crippen molar-refractivity contribution in [3.05, 3.63) is 64.0 Å². The monoisotopic (exact) mass is 485 g/mol. The molecule has 9 nitrogen and oxygen atoms in total. The Morgan fingerprint density at radius 1 is 1.09 bits per heavy atom. The molecule has 4 aromatic rings. The summed E-state index contributed by atoms with van der Waals surface area (Å²) in [6.45, 7) is 2.13. The van der Waals surface area contributed by atoms with E-state index in [1.165, 1.54) is 10.6 Å². The standard InChI is InChI=1S/C23H22F3N7O2/c1-12-29-19-18(14-4-5-17(27-9-14)23(24,25)26)30-21(31-20(19)22(34)33(12)3)13-6-7-35-16(8-13)15-10-28-32(2)11-15/h4-5,9-11,13,16H,6-8H2,1-3H3. The van der Waals surface area contributed by atoms with E-state index in [9.17, 15) is 18.0 Å². The van der Waals surface area contributed by atoms with Crippen molar-refractivity contribution in [2.75, 3.05) is 6.61 Å². The summed E-state index contributed by atoms with van der Waals surface area (Å²) < 4.78 is 48.2. The van der Waals surface area contributed by atoms with Gasteiger partial charge in [-0.05, 0) is 31.9 Å². The predicted octanol–water partition coefficient (Wildman–Crippen LogP) is 3.48. The predicted molar refractivity (Wildman–Crippen MR) is 119 cm³/mol. The summed E-state index contributed by atoms with van der Waals surface area (Å²) in [5.41, 5.74) is 0.503. The fourth-order valence-corrected chi connectivity index (χ4v) is 4.23. The second kappa shape index (κ2) is 8.52. The average molecular weight is 485 g/mol. The maximum absolute atomic E-state index is 13.1. The number of aryl methyl sites for hydroxylation is 2. The maximum atomic E-state index is 13.1. The van der Waals surface area contributed by atoms with Gasteiger partial charge in [0.25, 0.3) is 5.56 Å². The first-order valence-corrected chi connectivity index (χ1v) is 11.0. The van der Waals surface area contributed by atoms with Gasteiger partial charge in [-0.25, -0.2) is 15.0 Å². The highest BCUT2D eigenvalue weighted by Crippen LogP contribution is 2.37. The Bertz CT molecular complexity index is 1460. The zero-order valence-electron chi connectivity index (χ0n) is 19.2. The molecule has 5 heterocycles. The third-order valence-corrected chi connectivity index (χ3v) is 6.24. The summed E-state index contributed by atoms with van der Waals surface area (Å²) in [4.78, 5) is 30.4. The second-order valence-corrected chi connectivity index (χ2v) is 8.61. The first kappa shape index (κ1) is 23.1. The molecule has 0 aliphatic carbocycles. The van der Waals surface area contributed by atoms with Crippen LogP contribution >= 0.6 is 0 Å². The van der Waals surface area contributed by atoms with Crippen molar-refractivity contribution in [1.82, 2.24) is 34.3 Å². The van der Waals surface area contributed by atoms with E-state index < -0.39 is 11.9 Å². The van der Waals surface area contributed by atoms with Gasteiger partial charge in [-0.3, -0.25) is 19.0 Å². The van der Waals surface area contributed by atoms with Crippen molar-refractivity contribution in [1.29, 1.82) is 0 Å². The number of rotatable bonds is 3. The van der Waals surface area contributed by atoms with Crippen molar-refractivity contribution in [2.45, 2.75) is 38.0 Å². The molecule has 2 unspecified atom stereocenters. The van der Waals surface area contributed by atoms with Crippen LogP contribution in [0.1, 0.15) is 47.8 Å². The first-order chi connectivity index (χ1) is 16.6. The minimum Gasteiger partial charge on any atom is -0.373 e. The second-order valence-electron chi connectivity index (χ2n) is 8.61. The van der Waals surface area contributed by atoms with Gasteiger partial charge in [0, 0.05) is 50.1 Å². The minimum absolute atomic E-state index is 0.113. The molecule has 0 radical (unpaired) electrons. The number of hydrogen-bond acceptors (Lipinski definition) is 7. The van der Waals surface area contributed by atoms with Gasteiger partial charge in [0.2, 0.25) is 0 Å². The summed E-state index contributed by atoms with van der Waals surface area (Å²) in [5.74, 6) is 0.723. The molecule has 1 aliphatic rings. The highest BCUT2D eigenvalue weighted by molar-refractivity contribution is 5.88. The van der Waals surface area contributed by atoms with E-state index in [1.54, 1.807) is 24.9 Å². The Morgan fingerprint density at radius 2 is 1.89 bits per heavy atom. The van der Waals surface area contributed by atoms with Crippen molar-refractivity contribution in [3.63, 3.8) is 0 Å². The molecule has 1 fully saturated rings. The van der Waals surface area contributed by atoms with Crippen LogP contribution in [0.15, 0.2) is 35.5 Å². The number of fused-ring (bicyclic) bond motifs is 1. The highest BCUT2D eigenvalue weighted by Gasteiger charge is 2.33.